The second-order valence-corrected chi connectivity index (χ2v) is 8.29. The zero-order valence-corrected chi connectivity index (χ0v) is 19.1. The summed E-state index contributed by atoms with van der Waals surface area (Å²) < 4.78 is 35.5. The first-order valence-corrected chi connectivity index (χ1v) is 10.3. The van der Waals surface area contributed by atoms with Crippen molar-refractivity contribution in [1.82, 2.24) is 19.5 Å². The summed E-state index contributed by atoms with van der Waals surface area (Å²) in [6.07, 6.45) is 4.21. The predicted molar refractivity (Wildman–Crippen MR) is 119 cm³/mol. The molecule has 0 aliphatic heterocycles. The third kappa shape index (κ3) is 5.18. The Morgan fingerprint density at radius 2 is 1.91 bits per heavy atom. The van der Waals surface area contributed by atoms with Gasteiger partial charge in [-0.25, -0.2) is 15.0 Å². The van der Waals surface area contributed by atoms with Crippen molar-refractivity contribution in [2.24, 2.45) is 0 Å². The maximum absolute atomic E-state index is 14.2. The fraction of sp³-hybridized carbons (Fsp3) is 0.455. The molecule has 0 fully saturated rings. The largest absolute Gasteiger partial charge is 0.377 e. The molecular weight excluding hydrogens is 418 g/mol. The van der Waals surface area contributed by atoms with E-state index in [-0.39, 0.29) is 17.5 Å². The Kier molecular flexibility index (Phi) is 6.45. The Morgan fingerprint density at radius 1 is 1.19 bits per heavy atom. The van der Waals surface area contributed by atoms with E-state index in [0.717, 1.165) is 17.9 Å². The van der Waals surface area contributed by atoms with Crippen LogP contribution in [0.5, 0.6) is 0 Å². The van der Waals surface area contributed by atoms with Gasteiger partial charge in [0.1, 0.15) is 17.5 Å². The molecule has 0 aliphatic rings. The molecule has 0 radical (unpaired) electrons. The van der Waals surface area contributed by atoms with Crippen LogP contribution in [0, 0.1) is 0 Å². The summed E-state index contributed by atoms with van der Waals surface area (Å²) in [5.74, 6) is -3.19. The normalized spacial score (nSPS) is 12.2. The smallest absolute Gasteiger partial charge is 0.303 e. The highest BCUT2D eigenvalue weighted by Gasteiger charge is 2.30. The van der Waals surface area contributed by atoms with E-state index >= 15 is 0 Å². The first kappa shape index (κ1) is 23.5. The van der Waals surface area contributed by atoms with Crippen molar-refractivity contribution in [3.8, 4) is 5.82 Å². The summed E-state index contributed by atoms with van der Waals surface area (Å²) in [5, 5.41) is 6.57. The van der Waals surface area contributed by atoms with Crippen LogP contribution in [0.1, 0.15) is 46.0 Å². The van der Waals surface area contributed by atoms with Crippen LogP contribution < -0.4 is 10.6 Å². The molecule has 8 nitrogen and oxygen atoms in total. The Morgan fingerprint density at radius 3 is 2.50 bits per heavy atom. The van der Waals surface area contributed by atoms with E-state index in [1.54, 1.807) is 30.0 Å². The summed E-state index contributed by atoms with van der Waals surface area (Å²) in [6.45, 7) is 8.26. The summed E-state index contributed by atoms with van der Waals surface area (Å²) >= 11 is 0. The lowest BCUT2D eigenvalue weighted by Crippen LogP contribution is -2.32. The second kappa shape index (κ2) is 8.78. The monoisotopic (exact) mass is 446 g/mol. The van der Waals surface area contributed by atoms with E-state index in [1.165, 1.54) is 6.92 Å². The molecule has 32 heavy (non-hydrogen) atoms. The highest BCUT2D eigenvalue weighted by molar-refractivity contribution is 5.92. The number of nitrogens with zero attached hydrogens (tertiary/aromatic N) is 4. The van der Waals surface area contributed by atoms with Crippen molar-refractivity contribution in [2.45, 2.75) is 52.6 Å². The van der Waals surface area contributed by atoms with Gasteiger partial charge in [0.2, 0.25) is 11.7 Å². The summed E-state index contributed by atoms with van der Waals surface area (Å²) in [7, 11) is 1.58. The van der Waals surface area contributed by atoms with Gasteiger partial charge < -0.3 is 19.9 Å². The van der Waals surface area contributed by atoms with Gasteiger partial charge in [0.15, 0.2) is 0 Å². The SMILES string of the molecule is CCc1cn(-c2cc(NCC(C)(C)OC)nc(C(C)(F)F)n2)c2cc(NC(C)=O)ncc12. The van der Waals surface area contributed by atoms with E-state index in [4.69, 9.17) is 4.74 Å². The average molecular weight is 447 g/mol. The van der Waals surface area contributed by atoms with E-state index in [2.05, 4.69) is 25.6 Å². The molecular formula is C22H28F2N6O2. The van der Waals surface area contributed by atoms with Crippen molar-refractivity contribution in [3.63, 3.8) is 0 Å². The molecule has 0 bridgehead atoms. The minimum Gasteiger partial charge on any atom is -0.377 e. The summed E-state index contributed by atoms with van der Waals surface area (Å²) in [6, 6.07) is 3.31. The molecule has 0 saturated heterocycles. The van der Waals surface area contributed by atoms with Crippen molar-refractivity contribution in [3.05, 3.63) is 35.9 Å². The van der Waals surface area contributed by atoms with E-state index in [1.807, 2.05) is 27.0 Å². The number of ether oxygens (including phenoxy) is 1. The van der Waals surface area contributed by atoms with Crippen molar-refractivity contribution >= 4 is 28.4 Å². The molecule has 3 heterocycles. The molecule has 0 aliphatic carbocycles. The fourth-order valence-electron chi connectivity index (χ4n) is 3.13. The Labute approximate surface area is 185 Å². The molecule has 2 N–H and O–H groups in total. The van der Waals surface area contributed by atoms with Crippen LogP contribution in [0.3, 0.4) is 0 Å². The third-order valence-electron chi connectivity index (χ3n) is 5.06. The number of pyridine rings is 1. The maximum atomic E-state index is 14.2. The number of amides is 1. The van der Waals surface area contributed by atoms with Crippen LogP contribution in [-0.2, 0) is 21.9 Å². The number of rotatable bonds is 8. The van der Waals surface area contributed by atoms with Gasteiger partial charge in [0.25, 0.3) is 0 Å². The predicted octanol–water partition coefficient (Wildman–Crippen LogP) is 4.28. The van der Waals surface area contributed by atoms with Crippen LogP contribution in [-0.4, -0.2) is 44.7 Å². The van der Waals surface area contributed by atoms with Crippen molar-refractivity contribution < 1.29 is 18.3 Å². The zero-order valence-electron chi connectivity index (χ0n) is 19.1. The van der Waals surface area contributed by atoms with Gasteiger partial charge in [-0.1, -0.05) is 6.92 Å². The summed E-state index contributed by atoms with van der Waals surface area (Å²) in [4.78, 5) is 23.9. The highest BCUT2D eigenvalue weighted by atomic mass is 19.3. The highest BCUT2D eigenvalue weighted by Crippen LogP contribution is 2.30. The Hall–Kier alpha value is -3.14. The molecule has 0 atom stereocenters. The van der Waals surface area contributed by atoms with Gasteiger partial charge in [-0.2, -0.15) is 8.78 Å². The van der Waals surface area contributed by atoms with Crippen LogP contribution in [0.2, 0.25) is 0 Å². The molecule has 0 unspecified atom stereocenters. The number of aromatic nitrogens is 4. The zero-order chi connectivity index (χ0) is 23.7. The molecule has 0 aromatic carbocycles. The number of halogens is 2. The lowest BCUT2D eigenvalue weighted by Gasteiger charge is -2.24. The van der Waals surface area contributed by atoms with Gasteiger partial charge in [0.05, 0.1) is 11.1 Å². The van der Waals surface area contributed by atoms with Crippen LogP contribution in [0.4, 0.5) is 20.4 Å². The van der Waals surface area contributed by atoms with E-state index in [9.17, 15) is 13.6 Å². The lowest BCUT2D eigenvalue weighted by atomic mass is 10.1. The number of methoxy groups -OCH3 is 1. The molecule has 3 aromatic heterocycles. The summed E-state index contributed by atoms with van der Waals surface area (Å²) in [5.41, 5.74) is 1.14. The van der Waals surface area contributed by atoms with Gasteiger partial charge >= 0.3 is 5.92 Å². The number of carbonyl (C=O) groups is 1. The van der Waals surface area contributed by atoms with Crippen molar-refractivity contribution in [1.29, 1.82) is 0 Å². The molecule has 0 spiro atoms. The van der Waals surface area contributed by atoms with E-state index < -0.39 is 17.3 Å². The standard InChI is InChI=1S/C22H28F2N6O2/c1-7-14-11-30(16-8-17(27-13(2)31)25-10-15(14)16)19-9-18(26-12-21(3,4)32-6)28-20(29-19)22(5,23)24/h8-11H,7,12H2,1-6H3,(H,25,27,31)(H,26,28,29). The minimum absolute atomic E-state index is 0.257. The van der Waals surface area contributed by atoms with Gasteiger partial charge in [-0.05, 0) is 25.8 Å². The Balaban J connectivity index is 2.16. The van der Waals surface area contributed by atoms with Gasteiger partial charge in [-0.3, -0.25) is 4.79 Å². The minimum atomic E-state index is -3.23. The third-order valence-corrected chi connectivity index (χ3v) is 5.06. The topological polar surface area (TPSA) is 94.0 Å². The quantitative estimate of drug-likeness (QED) is 0.536. The molecule has 10 heteroatoms. The average Bonchev–Trinajstić information content (AvgIpc) is 3.09. The van der Waals surface area contributed by atoms with Crippen molar-refractivity contribution in [2.75, 3.05) is 24.3 Å². The maximum Gasteiger partial charge on any atom is 0.303 e. The number of aryl methyl sites for hydroxylation is 1. The van der Waals surface area contributed by atoms with Gasteiger partial charge in [0, 0.05) is 57.4 Å². The van der Waals surface area contributed by atoms with Crippen LogP contribution in [0.25, 0.3) is 16.7 Å². The number of hydrogen-bond donors (Lipinski definition) is 2. The number of carbonyl (C=O) groups excluding carboxylic acids is 1. The number of fused-ring (bicyclic) bond motifs is 1. The first-order chi connectivity index (χ1) is 14.9. The van der Waals surface area contributed by atoms with Crippen LogP contribution in [0.15, 0.2) is 24.5 Å². The van der Waals surface area contributed by atoms with E-state index in [0.29, 0.717) is 24.3 Å². The van der Waals surface area contributed by atoms with Crippen LogP contribution >= 0.6 is 0 Å². The molecule has 3 aromatic rings. The first-order valence-electron chi connectivity index (χ1n) is 10.3. The molecule has 1 amide bonds. The number of hydrogen-bond acceptors (Lipinski definition) is 6. The molecule has 0 saturated carbocycles. The molecule has 172 valence electrons. The fourth-order valence-corrected chi connectivity index (χ4v) is 3.13. The van der Waals surface area contributed by atoms with Gasteiger partial charge in [-0.15, -0.1) is 0 Å². The number of anilines is 2. The lowest BCUT2D eigenvalue weighted by molar-refractivity contribution is -0.114. The number of alkyl halides is 2. The second-order valence-electron chi connectivity index (χ2n) is 8.29. The molecule has 3 rings (SSSR count). The Bertz CT molecular complexity index is 1140. The number of nitrogens with one attached hydrogen (secondary N) is 2.